The maximum atomic E-state index is 4.08. The molecule has 1 heterocycles. The van der Waals surface area contributed by atoms with Gasteiger partial charge in [0.15, 0.2) is 0 Å². The predicted octanol–water partition coefficient (Wildman–Crippen LogP) is 0.308. The maximum Gasteiger partial charge on any atom is 0.145 e. The van der Waals surface area contributed by atoms with E-state index in [9.17, 15) is 0 Å². The van der Waals surface area contributed by atoms with Gasteiger partial charge in [-0.05, 0) is 0 Å². The van der Waals surface area contributed by atoms with Crippen LogP contribution in [0.15, 0.2) is 0 Å². The largest absolute Gasteiger partial charge is 0.434 e. The van der Waals surface area contributed by atoms with Crippen molar-refractivity contribution in [1.29, 1.82) is 0 Å². The zero-order chi connectivity index (χ0) is 3.54. The molecule has 0 aromatic heterocycles. The van der Waals surface area contributed by atoms with Gasteiger partial charge in [-0.3, -0.25) is 0 Å². The van der Waals surface area contributed by atoms with E-state index < -0.39 is 0 Å². The van der Waals surface area contributed by atoms with Gasteiger partial charge in [0.1, 0.15) is 13.2 Å². The third kappa shape index (κ3) is 0.618. The van der Waals surface area contributed by atoms with E-state index in [4.69, 9.17) is 0 Å². The Morgan fingerprint density at radius 1 is 1.00 bits per heavy atom. The maximum absolute atomic E-state index is 4.08. The van der Waals surface area contributed by atoms with Gasteiger partial charge in [0.05, 0.1) is 0 Å². The van der Waals surface area contributed by atoms with Gasteiger partial charge < -0.3 is 4.74 Å². The third-order valence-electron chi connectivity index (χ3n) is 0.882. The van der Waals surface area contributed by atoms with Crippen LogP contribution in [0, 0.1) is 0 Å². The van der Waals surface area contributed by atoms with Gasteiger partial charge in [0.2, 0.25) is 0 Å². The van der Waals surface area contributed by atoms with Crippen LogP contribution in [0.1, 0.15) is 12.8 Å². The van der Waals surface area contributed by atoms with Gasteiger partial charge in [0.25, 0.3) is 0 Å². The van der Waals surface area contributed by atoms with Crippen molar-refractivity contribution >= 4 is 0 Å². The first-order valence-corrected chi connectivity index (χ1v) is 2.13. The molecule has 1 N–H and O–H groups in total. The fourth-order valence-corrected chi connectivity index (χ4v) is 0.559. The minimum Gasteiger partial charge on any atom is -0.434 e. The van der Waals surface area contributed by atoms with Gasteiger partial charge in [-0.15, -0.1) is 0 Å². The summed E-state index contributed by atoms with van der Waals surface area (Å²) in [5.41, 5.74) is 0. The summed E-state index contributed by atoms with van der Waals surface area (Å²) in [5.74, 6) is 0. The summed E-state index contributed by atoms with van der Waals surface area (Å²) in [6.07, 6.45) is 2.67. The van der Waals surface area contributed by atoms with Crippen LogP contribution in [0.4, 0.5) is 0 Å². The number of hydrogen-bond donors (Lipinski definition) is 0. The molecule has 0 saturated carbocycles. The molecule has 0 radical (unpaired) electrons. The van der Waals surface area contributed by atoms with Gasteiger partial charge in [-0.25, -0.2) is 0 Å². The van der Waals surface area contributed by atoms with E-state index in [0.29, 0.717) is 0 Å². The molecule has 1 aliphatic heterocycles. The molecule has 0 bridgehead atoms. The van der Waals surface area contributed by atoms with Gasteiger partial charge in [-0.1, -0.05) is 0 Å². The molecule has 1 aliphatic rings. The topological polar surface area (TPSA) is 12.8 Å². The van der Waals surface area contributed by atoms with Crippen molar-refractivity contribution in [2.24, 2.45) is 0 Å². The van der Waals surface area contributed by atoms with Crippen molar-refractivity contribution in [2.45, 2.75) is 12.8 Å². The second-order valence-electron chi connectivity index (χ2n) is 1.38. The first kappa shape index (κ1) is 3.16. The summed E-state index contributed by atoms with van der Waals surface area (Å²) in [6.45, 7) is 2.25. The molecule has 5 heavy (non-hydrogen) atoms. The number of ether oxygens (including phenoxy) is 1. The highest BCUT2D eigenvalue weighted by Crippen LogP contribution is 1.95. The standard InChI is InChI=1S/C4H8O/c1-2-4-5-3-1/h1-4H2/p+1. The smallest absolute Gasteiger partial charge is 0.145 e. The molecular weight excluding hydrogens is 64.0 g/mol. The van der Waals surface area contributed by atoms with E-state index in [1.54, 1.807) is 0 Å². The molecule has 0 atom stereocenters. The molecule has 0 spiro atoms. The lowest BCUT2D eigenvalue weighted by atomic mass is 10.4. The Balaban J connectivity index is 2.08. The molecule has 1 heteroatoms. The lowest BCUT2D eigenvalue weighted by Gasteiger charge is -1.74. The van der Waals surface area contributed by atoms with E-state index >= 15 is 0 Å². The minimum absolute atomic E-state index is 1.12. The number of aliphatic hydroxyl groups is 2. The normalized spacial score (nSPS) is 24.0. The van der Waals surface area contributed by atoms with Gasteiger partial charge in [-0.2, -0.15) is 0 Å². The van der Waals surface area contributed by atoms with Crippen LogP contribution < -0.4 is 0 Å². The summed E-state index contributed by atoms with van der Waals surface area (Å²) < 4.78 is 4.08. The highest BCUT2D eigenvalue weighted by atomic mass is 16.5. The second-order valence-corrected chi connectivity index (χ2v) is 1.38. The summed E-state index contributed by atoms with van der Waals surface area (Å²) >= 11 is 0. The molecule has 0 aromatic rings. The Hall–Kier alpha value is -0.0400. The molecule has 1 rings (SSSR count). The third-order valence-corrected chi connectivity index (χ3v) is 0.882. The lowest BCUT2D eigenvalue weighted by molar-refractivity contribution is 0.0102. The van der Waals surface area contributed by atoms with E-state index in [0.717, 1.165) is 13.2 Å². The summed E-state index contributed by atoms with van der Waals surface area (Å²) in [7, 11) is 0. The summed E-state index contributed by atoms with van der Waals surface area (Å²) in [6, 6.07) is 0. The monoisotopic (exact) mass is 73.1 g/mol. The van der Waals surface area contributed by atoms with Gasteiger partial charge >= 0.3 is 0 Å². The molecule has 1 saturated heterocycles. The molecule has 0 aliphatic carbocycles. The first-order chi connectivity index (χ1) is 2.50. The van der Waals surface area contributed by atoms with E-state index in [-0.39, 0.29) is 0 Å². The molecule has 1 nitrogen and oxygen atoms in total. The van der Waals surface area contributed by atoms with Crippen molar-refractivity contribution in [1.82, 2.24) is 0 Å². The Morgan fingerprint density at radius 2 is 1.60 bits per heavy atom. The van der Waals surface area contributed by atoms with E-state index in [1.165, 1.54) is 12.8 Å². The molecule has 0 aromatic carbocycles. The highest BCUT2D eigenvalue weighted by molar-refractivity contribution is 4.41. The first-order valence-electron chi connectivity index (χ1n) is 2.13. The van der Waals surface area contributed by atoms with Crippen molar-refractivity contribution < 1.29 is 4.74 Å². The fourth-order valence-electron chi connectivity index (χ4n) is 0.559. The Labute approximate surface area is 31.9 Å². The summed E-state index contributed by atoms with van der Waals surface area (Å²) in [4.78, 5) is 0. The molecule has 0 amide bonds. The zero-order valence-corrected chi connectivity index (χ0v) is 3.28. The van der Waals surface area contributed by atoms with Crippen LogP contribution >= 0.6 is 0 Å². The fraction of sp³-hybridized carbons (Fsp3) is 1.00. The molecule has 1 fully saturated rings. The van der Waals surface area contributed by atoms with Crippen molar-refractivity contribution in [2.75, 3.05) is 13.2 Å². The lowest BCUT2D eigenvalue weighted by Crippen LogP contribution is -1.83. The van der Waals surface area contributed by atoms with Gasteiger partial charge in [0, 0.05) is 12.8 Å². The Bertz CT molecular complexity index is 15.2. The van der Waals surface area contributed by atoms with Crippen molar-refractivity contribution in [3.63, 3.8) is 0 Å². The highest BCUT2D eigenvalue weighted by Gasteiger charge is 2.00. The average Bonchev–Trinajstić information content (AvgIpc) is 1.76. The number of hydrogen-bond acceptors (Lipinski definition) is 0. The van der Waals surface area contributed by atoms with Crippen LogP contribution in [0.2, 0.25) is 0 Å². The SMILES string of the molecule is C1CC[OH+]C1. The van der Waals surface area contributed by atoms with Crippen LogP contribution in [0.25, 0.3) is 0 Å². The van der Waals surface area contributed by atoms with Crippen LogP contribution in [-0.2, 0) is 0 Å². The van der Waals surface area contributed by atoms with E-state index in [2.05, 4.69) is 4.74 Å². The molecule has 30 valence electrons. The quantitative estimate of drug-likeness (QED) is 0.366. The second kappa shape index (κ2) is 1.41. The summed E-state index contributed by atoms with van der Waals surface area (Å²) in [5, 5.41) is 0. The van der Waals surface area contributed by atoms with E-state index in [1.807, 2.05) is 0 Å². The average molecular weight is 73.1 g/mol. The molecular formula is C4H9O+. The molecule has 0 unspecified atom stereocenters. The van der Waals surface area contributed by atoms with Crippen molar-refractivity contribution in [3.8, 4) is 0 Å². The van der Waals surface area contributed by atoms with Crippen LogP contribution in [-0.4, -0.2) is 18.0 Å². The minimum atomic E-state index is 1.12. The zero-order valence-electron chi connectivity index (χ0n) is 3.28. The Kier molecular flexibility index (Phi) is 0.892. The van der Waals surface area contributed by atoms with Crippen LogP contribution in [0.5, 0.6) is 0 Å². The van der Waals surface area contributed by atoms with Crippen molar-refractivity contribution in [3.05, 3.63) is 0 Å². The Morgan fingerprint density at radius 3 is 1.80 bits per heavy atom. The number of rotatable bonds is 0. The predicted molar refractivity (Wildman–Crippen MR) is 21.2 cm³/mol. The van der Waals surface area contributed by atoms with Crippen LogP contribution in [0.3, 0.4) is 0 Å².